The van der Waals surface area contributed by atoms with Gasteiger partial charge in [-0.25, -0.2) is 0 Å². The zero-order valence-electron chi connectivity index (χ0n) is 28.1. The van der Waals surface area contributed by atoms with Crippen LogP contribution in [0.1, 0.15) is 41.9 Å². The van der Waals surface area contributed by atoms with Gasteiger partial charge in [0.2, 0.25) is 0 Å². The first kappa shape index (κ1) is 29.6. The SMILES string of the molecule is C1=CC(c2ccc(N(C3=CC=C(c4ccccc4)CC3)c3ccc(-c4cccc5c4oc4ccccc45)cc3)cc2)=C2Oc3ccccc3C2C1. The van der Waals surface area contributed by atoms with Crippen LogP contribution in [0, 0.1) is 0 Å². The highest BCUT2D eigenvalue weighted by Crippen LogP contribution is 2.48. The molecule has 2 heterocycles. The van der Waals surface area contributed by atoms with Gasteiger partial charge in [-0.05, 0) is 84.0 Å². The van der Waals surface area contributed by atoms with E-state index in [4.69, 9.17) is 9.15 Å². The van der Waals surface area contributed by atoms with Gasteiger partial charge in [-0.1, -0.05) is 127 Å². The maximum absolute atomic E-state index is 6.45. The van der Waals surface area contributed by atoms with Crippen LogP contribution in [0.3, 0.4) is 0 Å². The van der Waals surface area contributed by atoms with E-state index in [1.165, 1.54) is 28.0 Å². The van der Waals surface area contributed by atoms with E-state index in [1.54, 1.807) is 0 Å². The number of rotatable bonds is 6. The van der Waals surface area contributed by atoms with Crippen molar-refractivity contribution >= 4 is 44.5 Å². The predicted molar refractivity (Wildman–Crippen MR) is 210 cm³/mol. The molecular formula is C48H35NO2. The molecule has 0 amide bonds. The van der Waals surface area contributed by atoms with Crippen molar-refractivity contribution in [1.29, 1.82) is 0 Å². The van der Waals surface area contributed by atoms with Crippen LogP contribution in [0.4, 0.5) is 11.4 Å². The number of allylic oxidation sites excluding steroid dienone is 8. The van der Waals surface area contributed by atoms with E-state index < -0.39 is 0 Å². The summed E-state index contributed by atoms with van der Waals surface area (Å²) in [5.41, 5.74) is 13.9. The Kier molecular flexibility index (Phi) is 7.09. The summed E-state index contributed by atoms with van der Waals surface area (Å²) in [7, 11) is 0. The molecule has 244 valence electrons. The van der Waals surface area contributed by atoms with Crippen LogP contribution < -0.4 is 9.64 Å². The minimum Gasteiger partial charge on any atom is -0.460 e. The highest BCUT2D eigenvalue weighted by atomic mass is 16.5. The van der Waals surface area contributed by atoms with Crippen molar-refractivity contribution in [3.8, 4) is 16.9 Å². The maximum atomic E-state index is 6.45. The molecule has 51 heavy (non-hydrogen) atoms. The Bertz CT molecular complexity index is 2570. The smallest absolute Gasteiger partial charge is 0.143 e. The average Bonchev–Trinajstić information content (AvgIpc) is 3.78. The fourth-order valence-corrected chi connectivity index (χ4v) is 8.05. The molecule has 10 rings (SSSR count). The number of hydrogen-bond donors (Lipinski definition) is 0. The molecule has 0 saturated carbocycles. The topological polar surface area (TPSA) is 25.6 Å². The minimum atomic E-state index is 0.277. The third-order valence-electron chi connectivity index (χ3n) is 10.6. The van der Waals surface area contributed by atoms with Crippen molar-refractivity contribution in [2.24, 2.45) is 0 Å². The first-order valence-corrected chi connectivity index (χ1v) is 17.8. The molecule has 2 aliphatic carbocycles. The summed E-state index contributed by atoms with van der Waals surface area (Å²) in [6.45, 7) is 0. The molecule has 1 aliphatic heterocycles. The lowest BCUT2D eigenvalue weighted by molar-refractivity contribution is 0.429. The summed E-state index contributed by atoms with van der Waals surface area (Å²) >= 11 is 0. The van der Waals surface area contributed by atoms with Gasteiger partial charge in [-0.15, -0.1) is 0 Å². The van der Waals surface area contributed by atoms with Gasteiger partial charge in [0.05, 0.1) is 0 Å². The minimum absolute atomic E-state index is 0.277. The molecule has 0 N–H and O–H groups in total. The normalized spacial score (nSPS) is 16.4. The Morgan fingerprint density at radius 1 is 0.569 bits per heavy atom. The molecule has 3 heteroatoms. The van der Waals surface area contributed by atoms with E-state index >= 15 is 0 Å². The highest BCUT2D eigenvalue weighted by Gasteiger charge is 2.33. The number of anilines is 2. The third-order valence-corrected chi connectivity index (χ3v) is 10.6. The molecule has 0 fully saturated rings. The van der Waals surface area contributed by atoms with Gasteiger partial charge in [-0.3, -0.25) is 0 Å². The van der Waals surface area contributed by atoms with Gasteiger partial charge < -0.3 is 14.1 Å². The third kappa shape index (κ3) is 5.13. The number of benzene rings is 6. The summed E-state index contributed by atoms with van der Waals surface area (Å²) in [4.78, 5) is 2.41. The van der Waals surface area contributed by atoms with Gasteiger partial charge in [0.1, 0.15) is 22.7 Å². The number of furan rings is 1. The molecule has 1 unspecified atom stereocenters. The van der Waals surface area contributed by atoms with Crippen molar-refractivity contribution in [2.45, 2.75) is 25.2 Å². The van der Waals surface area contributed by atoms with E-state index in [0.29, 0.717) is 0 Å². The fourth-order valence-electron chi connectivity index (χ4n) is 8.05. The zero-order valence-corrected chi connectivity index (χ0v) is 28.1. The van der Waals surface area contributed by atoms with Crippen LogP contribution in [0.2, 0.25) is 0 Å². The molecule has 0 saturated heterocycles. The summed E-state index contributed by atoms with van der Waals surface area (Å²) in [5.74, 6) is 2.32. The summed E-state index contributed by atoms with van der Waals surface area (Å²) in [6, 6.07) is 51.8. The van der Waals surface area contributed by atoms with E-state index in [1.807, 2.05) is 12.1 Å². The lowest BCUT2D eigenvalue weighted by atomic mass is 9.87. The van der Waals surface area contributed by atoms with Crippen LogP contribution in [0.15, 0.2) is 186 Å². The highest BCUT2D eigenvalue weighted by molar-refractivity contribution is 6.09. The van der Waals surface area contributed by atoms with Gasteiger partial charge in [0, 0.05) is 50.5 Å². The molecule has 0 spiro atoms. The average molecular weight is 658 g/mol. The van der Waals surface area contributed by atoms with Gasteiger partial charge in [0.15, 0.2) is 0 Å². The molecule has 0 radical (unpaired) electrons. The zero-order chi connectivity index (χ0) is 33.7. The Morgan fingerprint density at radius 3 is 2.10 bits per heavy atom. The molecule has 1 atom stereocenters. The quantitative estimate of drug-likeness (QED) is 0.178. The second-order valence-electron chi connectivity index (χ2n) is 13.5. The Labute approximate surface area is 297 Å². The Morgan fingerprint density at radius 2 is 1.29 bits per heavy atom. The summed E-state index contributed by atoms with van der Waals surface area (Å²) in [6.07, 6.45) is 12.0. The number of ether oxygens (including phenoxy) is 1. The van der Waals surface area contributed by atoms with Crippen molar-refractivity contribution in [1.82, 2.24) is 0 Å². The molecule has 6 aromatic carbocycles. The lowest BCUT2D eigenvalue weighted by Crippen LogP contribution is -2.18. The second-order valence-corrected chi connectivity index (χ2v) is 13.5. The number of hydrogen-bond acceptors (Lipinski definition) is 3. The van der Waals surface area contributed by atoms with Crippen LogP contribution >= 0.6 is 0 Å². The summed E-state index contributed by atoms with van der Waals surface area (Å²) in [5, 5.41) is 2.29. The number of para-hydroxylation sites is 3. The molecule has 0 bridgehead atoms. The second kappa shape index (κ2) is 12.2. The van der Waals surface area contributed by atoms with Crippen LogP contribution in [-0.4, -0.2) is 0 Å². The molecule has 1 aromatic heterocycles. The van der Waals surface area contributed by atoms with Crippen molar-refractivity contribution in [3.63, 3.8) is 0 Å². The monoisotopic (exact) mass is 657 g/mol. The van der Waals surface area contributed by atoms with Gasteiger partial charge in [0.25, 0.3) is 0 Å². The molecular weight excluding hydrogens is 623 g/mol. The van der Waals surface area contributed by atoms with E-state index in [2.05, 4.69) is 163 Å². The van der Waals surface area contributed by atoms with E-state index in [9.17, 15) is 0 Å². The first-order valence-electron chi connectivity index (χ1n) is 17.8. The fraction of sp³-hybridized carbons (Fsp3) is 0.0833. The van der Waals surface area contributed by atoms with Crippen molar-refractivity contribution in [2.75, 3.05) is 4.90 Å². The molecule has 7 aromatic rings. The van der Waals surface area contributed by atoms with E-state index in [-0.39, 0.29) is 5.92 Å². The standard InChI is InChI=1S/C48H35NO2/c1-2-10-32(11-3-1)33-20-26-36(27-21-33)49(37-28-22-34(23-29-37)39-14-8-16-43-41-12-4-6-18-45(41)50-47(39)43)38-30-24-35(25-31-38)40-15-9-17-44-42-13-5-7-19-46(42)51-48(40)44/h1-16,18-20,22-26,28-31,44H,17,21,27H2. The van der Waals surface area contributed by atoms with Crippen LogP contribution in [0.25, 0.3) is 44.2 Å². The van der Waals surface area contributed by atoms with Gasteiger partial charge >= 0.3 is 0 Å². The van der Waals surface area contributed by atoms with Crippen LogP contribution in [-0.2, 0) is 0 Å². The van der Waals surface area contributed by atoms with Crippen LogP contribution in [0.5, 0.6) is 5.75 Å². The Hall–Kier alpha value is -6.32. The maximum Gasteiger partial charge on any atom is 0.143 e. The van der Waals surface area contributed by atoms with Crippen molar-refractivity contribution in [3.05, 3.63) is 198 Å². The largest absolute Gasteiger partial charge is 0.460 e. The van der Waals surface area contributed by atoms with Crippen molar-refractivity contribution < 1.29 is 9.15 Å². The lowest BCUT2D eigenvalue weighted by Gasteiger charge is -2.30. The van der Waals surface area contributed by atoms with E-state index in [0.717, 1.165) is 80.8 Å². The molecule has 3 nitrogen and oxygen atoms in total. The van der Waals surface area contributed by atoms with Gasteiger partial charge in [-0.2, -0.15) is 0 Å². The summed E-state index contributed by atoms with van der Waals surface area (Å²) < 4.78 is 12.8. The number of fused-ring (bicyclic) bond motifs is 6. The Balaban J connectivity index is 1.03. The first-order chi connectivity index (χ1) is 25.3. The number of nitrogens with zero attached hydrogens (tertiary/aromatic N) is 1. The predicted octanol–water partition coefficient (Wildman–Crippen LogP) is 13.0. The molecule has 3 aliphatic rings.